The SMILES string of the molecule is CCOc1ccc(NC(=O)C(NC(=O)CC(C)C)C(C)C)cc1S(=O)(=O)N1CCCCC1. The Bertz CT molecular complexity index is 893. The van der Waals surface area contributed by atoms with E-state index in [1.807, 2.05) is 27.7 Å². The van der Waals surface area contributed by atoms with Crippen LogP contribution in [0.1, 0.15) is 60.3 Å². The minimum atomic E-state index is -3.75. The molecule has 1 aromatic carbocycles. The Hall–Kier alpha value is -2.13. The third-order valence-electron chi connectivity index (χ3n) is 5.30. The van der Waals surface area contributed by atoms with E-state index in [9.17, 15) is 18.0 Å². The number of nitrogens with zero attached hydrogens (tertiary/aromatic N) is 1. The Labute approximate surface area is 192 Å². The van der Waals surface area contributed by atoms with E-state index in [1.54, 1.807) is 19.1 Å². The fourth-order valence-corrected chi connectivity index (χ4v) is 5.34. The van der Waals surface area contributed by atoms with Crippen LogP contribution in [0.5, 0.6) is 5.75 Å². The average molecular weight is 468 g/mol. The number of sulfonamides is 1. The fraction of sp³-hybridized carbons (Fsp3) is 0.652. The number of carbonyl (C=O) groups excluding carboxylic acids is 2. The second kappa shape index (κ2) is 11.7. The predicted octanol–water partition coefficient (Wildman–Crippen LogP) is 3.39. The van der Waals surface area contributed by atoms with Gasteiger partial charge in [-0.25, -0.2) is 8.42 Å². The van der Waals surface area contributed by atoms with E-state index in [2.05, 4.69) is 10.6 Å². The van der Waals surface area contributed by atoms with Gasteiger partial charge in [-0.05, 0) is 49.8 Å². The van der Waals surface area contributed by atoms with Gasteiger partial charge in [0.25, 0.3) is 0 Å². The topological polar surface area (TPSA) is 105 Å². The highest BCUT2D eigenvalue weighted by Crippen LogP contribution is 2.31. The standard InChI is InChI=1S/C23H37N3O5S/c1-6-31-19-11-10-18(15-20(19)32(29,30)26-12-8-7-9-13-26)24-23(28)22(17(4)5)25-21(27)14-16(2)3/h10-11,15-17,22H,6-9,12-14H2,1-5H3,(H,24,28)(H,25,27). The van der Waals surface area contributed by atoms with Crippen molar-refractivity contribution < 1.29 is 22.7 Å². The maximum absolute atomic E-state index is 13.3. The number of piperidine rings is 1. The first-order valence-electron chi connectivity index (χ1n) is 11.4. The van der Waals surface area contributed by atoms with Crippen molar-refractivity contribution in [1.82, 2.24) is 9.62 Å². The zero-order valence-corrected chi connectivity index (χ0v) is 20.6. The van der Waals surface area contributed by atoms with Crippen LogP contribution in [-0.2, 0) is 19.6 Å². The van der Waals surface area contributed by atoms with Gasteiger partial charge in [0.15, 0.2) is 0 Å². The van der Waals surface area contributed by atoms with Crippen LogP contribution in [0.25, 0.3) is 0 Å². The van der Waals surface area contributed by atoms with Gasteiger partial charge in [0.05, 0.1) is 6.61 Å². The summed E-state index contributed by atoms with van der Waals surface area (Å²) in [6.07, 6.45) is 2.99. The van der Waals surface area contributed by atoms with Crippen molar-refractivity contribution in [2.24, 2.45) is 11.8 Å². The Morgan fingerprint density at radius 2 is 1.75 bits per heavy atom. The van der Waals surface area contributed by atoms with E-state index in [0.717, 1.165) is 19.3 Å². The molecule has 0 bridgehead atoms. The molecule has 1 atom stereocenters. The normalized spacial score (nSPS) is 16.1. The number of hydrogen-bond acceptors (Lipinski definition) is 5. The van der Waals surface area contributed by atoms with Gasteiger partial charge in [0, 0.05) is 25.2 Å². The second-order valence-electron chi connectivity index (χ2n) is 8.94. The predicted molar refractivity (Wildman–Crippen MR) is 125 cm³/mol. The molecular formula is C23H37N3O5S. The third kappa shape index (κ3) is 6.93. The van der Waals surface area contributed by atoms with E-state index < -0.39 is 16.1 Å². The highest BCUT2D eigenvalue weighted by atomic mass is 32.2. The number of nitrogens with one attached hydrogen (secondary N) is 2. The van der Waals surface area contributed by atoms with Crippen molar-refractivity contribution in [3.63, 3.8) is 0 Å². The Morgan fingerprint density at radius 1 is 1.09 bits per heavy atom. The van der Waals surface area contributed by atoms with Crippen molar-refractivity contribution in [3.05, 3.63) is 18.2 Å². The summed E-state index contributed by atoms with van der Waals surface area (Å²) in [6.45, 7) is 10.6. The summed E-state index contributed by atoms with van der Waals surface area (Å²) in [5, 5.41) is 5.57. The smallest absolute Gasteiger partial charge is 0.247 e. The molecule has 1 saturated heterocycles. The fourth-order valence-electron chi connectivity index (χ4n) is 3.66. The zero-order chi connectivity index (χ0) is 23.9. The first kappa shape index (κ1) is 26.1. The number of carbonyl (C=O) groups is 2. The average Bonchev–Trinajstić information content (AvgIpc) is 2.73. The van der Waals surface area contributed by atoms with Crippen LogP contribution >= 0.6 is 0 Å². The number of amides is 2. The van der Waals surface area contributed by atoms with Gasteiger partial charge in [-0.3, -0.25) is 9.59 Å². The molecule has 1 aliphatic heterocycles. The molecule has 0 spiro atoms. The van der Waals surface area contributed by atoms with Crippen molar-refractivity contribution in [2.75, 3.05) is 25.0 Å². The summed E-state index contributed by atoms with van der Waals surface area (Å²) < 4.78 is 33.6. The van der Waals surface area contributed by atoms with Gasteiger partial charge < -0.3 is 15.4 Å². The van der Waals surface area contributed by atoms with Gasteiger partial charge in [-0.1, -0.05) is 34.1 Å². The van der Waals surface area contributed by atoms with Crippen molar-refractivity contribution >= 4 is 27.5 Å². The van der Waals surface area contributed by atoms with Crippen LogP contribution in [-0.4, -0.2) is 50.3 Å². The van der Waals surface area contributed by atoms with Gasteiger partial charge in [0.2, 0.25) is 21.8 Å². The summed E-state index contributed by atoms with van der Waals surface area (Å²) in [6, 6.07) is 3.90. The molecule has 8 nitrogen and oxygen atoms in total. The lowest BCUT2D eigenvalue weighted by molar-refractivity contribution is -0.127. The minimum Gasteiger partial charge on any atom is -0.492 e. The van der Waals surface area contributed by atoms with E-state index >= 15 is 0 Å². The zero-order valence-electron chi connectivity index (χ0n) is 19.8. The van der Waals surface area contributed by atoms with Gasteiger partial charge in [-0.2, -0.15) is 4.31 Å². The molecule has 9 heteroatoms. The molecule has 1 aromatic rings. The largest absolute Gasteiger partial charge is 0.492 e. The van der Waals surface area contributed by atoms with Crippen molar-refractivity contribution in [3.8, 4) is 5.75 Å². The minimum absolute atomic E-state index is 0.0454. The van der Waals surface area contributed by atoms with E-state index in [4.69, 9.17) is 4.74 Å². The summed E-state index contributed by atoms with van der Waals surface area (Å²) in [5.74, 6) is -0.261. The third-order valence-corrected chi connectivity index (χ3v) is 7.22. The first-order chi connectivity index (χ1) is 15.1. The number of rotatable bonds is 10. The van der Waals surface area contributed by atoms with Crippen LogP contribution in [0, 0.1) is 11.8 Å². The molecule has 2 rings (SSSR count). The molecule has 0 aromatic heterocycles. The summed E-state index contributed by atoms with van der Waals surface area (Å²) in [5.41, 5.74) is 0.345. The van der Waals surface area contributed by atoms with Crippen LogP contribution in [0.2, 0.25) is 0 Å². The molecule has 32 heavy (non-hydrogen) atoms. The lowest BCUT2D eigenvalue weighted by Gasteiger charge is -2.27. The molecular weight excluding hydrogens is 430 g/mol. The molecule has 1 aliphatic rings. The quantitative estimate of drug-likeness (QED) is 0.549. The Balaban J connectivity index is 2.28. The number of hydrogen-bond donors (Lipinski definition) is 2. The first-order valence-corrected chi connectivity index (χ1v) is 12.9. The molecule has 2 amide bonds. The molecule has 1 heterocycles. The van der Waals surface area contributed by atoms with Crippen molar-refractivity contribution in [2.45, 2.75) is 71.2 Å². The molecule has 1 unspecified atom stereocenters. The van der Waals surface area contributed by atoms with E-state index in [0.29, 0.717) is 31.8 Å². The molecule has 180 valence electrons. The summed E-state index contributed by atoms with van der Waals surface area (Å²) in [7, 11) is -3.75. The van der Waals surface area contributed by atoms with Gasteiger partial charge in [-0.15, -0.1) is 0 Å². The van der Waals surface area contributed by atoms with Crippen LogP contribution in [0.15, 0.2) is 23.1 Å². The second-order valence-corrected chi connectivity index (χ2v) is 10.8. The maximum Gasteiger partial charge on any atom is 0.247 e. The number of ether oxygens (including phenoxy) is 1. The molecule has 2 N–H and O–H groups in total. The van der Waals surface area contributed by atoms with Crippen LogP contribution in [0.4, 0.5) is 5.69 Å². The number of anilines is 1. The summed E-state index contributed by atoms with van der Waals surface area (Å²) >= 11 is 0. The highest BCUT2D eigenvalue weighted by Gasteiger charge is 2.30. The Morgan fingerprint density at radius 3 is 2.31 bits per heavy atom. The number of benzene rings is 1. The maximum atomic E-state index is 13.3. The van der Waals surface area contributed by atoms with Crippen LogP contribution in [0.3, 0.4) is 0 Å². The van der Waals surface area contributed by atoms with Gasteiger partial charge >= 0.3 is 0 Å². The lowest BCUT2D eigenvalue weighted by Crippen LogP contribution is -2.47. The lowest BCUT2D eigenvalue weighted by atomic mass is 10.0. The molecule has 0 aliphatic carbocycles. The molecule has 0 radical (unpaired) electrons. The van der Waals surface area contributed by atoms with E-state index in [-0.39, 0.29) is 34.3 Å². The van der Waals surface area contributed by atoms with Gasteiger partial charge in [0.1, 0.15) is 16.7 Å². The Kier molecular flexibility index (Phi) is 9.51. The van der Waals surface area contributed by atoms with Crippen molar-refractivity contribution in [1.29, 1.82) is 0 Å². The highest BCUT2D eigenvalue weighted by molar-refractivity contribution is 7.89. The van der Waals surface area contributed by atoms with Crippen LogP contribution < -0.4 is 15.4 Å². The summed E-state index contributed by atoms with van der Waals surface area (Å²) in [4.78, 5) is 25.2. The van der Waals surface area contributed by atoms with E-state index in [1.165, 1.54) is 10.4 Å². The molecule has 0 saturated carbocycles. The molecule has 1 fully saturated rings. The monoisotopic (exact) mass is 467 g/mol.